The van der Waals surface area contributed by atoms with Crippen molar-refractivity contribution in [3.8, 4) is 11.5 Å². The van der Waals surface area contributed by atoms with E-state index in [2.05, 4.69) is 12.2 Å². The average Bonchev–Trinajstić information content (AvgIpc) is 3.46. The van der Waals surface area contributed by atoms with E-state index in [1.165, 1.54) is 0 Å². The van der Waals surface area contributed by atoms with Crippen molar-refractivity contribution in [2.24, 2.45) is 0 Å². The molecule has 0 bridgehead atoms. The monoisotopic (exact) mass is 543 g/mol. The van der Waals surface area contributed by atoms with Gasteiger partial charge >= 0.3 is 0 Å². The summed E-state index contributed by atoms with van der Waals surface area (Å²) < 4.78 is 12.8. The van der Waals surface area contributed by atoms with E-state index in [1.54, 1.807) is 12.1 Å². The van der Waals surface area contributed by atoms with E-state index in [9.17, 15) is 4.79 Å². The minimum absolute atomic E-state index is 0.111. The van der Waals surface area contributed by atoms with Gasteiger partial charge in [0, 0.05) is 18.0 Å². The fourth-order valence-corrected chi connectivity index (χ4v) is 4.95. The van der Waals surface area contributed by atoms with Crippen molar-refractivity contribution in [3.63, 3.8) is 0 Å². The fourth-order valence-electron chi connectivity index (χ4n) is 4.43. The number of hydrogen-bond acceptors (Lipinski definition) is 4. The molecule has 1 N–H and O–H groups in total. The molecule has 1 unspecified atom stereocenters. The molecule has 0 saturated heterocycles. The van der Waals surface area contributed by atoms with Crippen molar-refractivity contribution in [2.45, 2.75) is 38.8 Å². The summed E-state index contributed by atoms with van der Waals surface area (Å²) in [6, 6.07) is 16.3. The summed E-state index contributed by atoms with van der Waals surface area (Å²) in [5.74, 6) is 1.99. The molecule has 3 aromatic carbocycles. The van der Waals surface area contributed by atoms with Crippen LogP contribution in [0.15, 0.2) is 54.6 Å². The second-order valence-corrected chi connectivity index (χ2v) is 9.85. The van der Waals surface area contributed by atoms with Crippen LogP contribution in [0.4, 0.5) is 0 Å². The number of nitrogens with one attached hydrogen (secondary N) is 1. The standard InChI is InChI=1S/C27H24Cl3N3O3/c1-2-5-22(27(34)31-14-16-8-9-24-25(10-16)36-15-35-24)33-23-13-20(30)19(29)12-21(23)32-26(33)11-17-6-3-4-7-18(17)28/h3-4,6-10,12-13,22H,2,5,11,14-15H2,1H3,(H,31,34). The molecule has 1 aromatic heterocycles. The maximum absolute atomic E-state index is 13.6. The first-order valence-corrected chi connectivity index (χ1v) is 12.8. The Kier molecular flexibility index (Phi) is 7.28. The Morgan fingerprint density at radius 1 is 1.03 bits per heavy atom. The quantitative estimate of drug-likeness (QED) is 0.260. The number of ether oxygens (including phenoxy) is 2. The van der Waals surface area contributed by atoms with Crippen LogP contribution in [0.2, 0.25) is 15.1 Å². The van der Waals surface area contributed by atoms with Crippen molar-refractivity contribution >= 4 is 51.7 Å². The Balaban J connectivity index is 1.50. The topological polar surface area (TPSA) is 65.4 Å². The number of nitrogens with zero attached hydrogens (tertiary/aromatic N) is 2. The number of hydrogen-bond donors (Lipinski definition) is 1. The molecule has 0 spiro atoms. The van der Waals surface area contributed by atoms with Gasteiger partial charge in [-0.25, -0.2) is 4.98 Å². The molecule has 0 radical (unpaired) electrons. The second kappa shape index (κ2) is 10.6. The van der Waals surface area contributed by atoms with Crippen molar-refractivity contribution in [3.05, 3.63) is 86.6 Å². The number of rotatable bonds is 8. The van der Waals surface area contributed by atoms with Gasteiger partial charge in [0.05, 0.1) is 21.1 Å². The number of carbonyl (C=O) groups is 1. The highest BCUT2D eigenvalue weighted by atomic mass is 35.5. The SMILES string of the molecule is CCCC(C(=O)NCc1ccc2c(c1)OCO2)n1c(Cc2ccccc2Cl)nc2cc(Cl)c(Cl)cc21. The molecular weight excluding hydrogens is 521 g/mol. The number of imidazole rings is 1. The van der Waals surface area contributed by atoms with Crippen molar-refractivity contribution in [1.82, 2.24) is 14.9 Å². The summed E-state index contributed by atoms with van der Waals surface area (Å²) in [6.07, 6.45) is 1.88. The maximum Gasteiger partial charge on any atom is 0.243 e. The van der Waals surface area contributed by atoms with Gasteiger partial charge in [-0.05, 0) is 47.9 Å². The second-order valence-electron chi connectivity index (χ2n) is 8.63. The molecule has 9 heteroatoms. The van der Waals surface area contributed by atoms with Gasteiger partial charge in [-0.1, -0.05) is 72.4 Å². The molecule has 186 valence electrons. The molecule has 2 heterocycles. The Bertz CT molecular complexity index is 1440. The van der Waals surface area contributed by atoms with E-state index >= 15 is 0 Å². The van der Waals surface area contributed by atoms with Gasteiger partial charge in [-0.2, -0.15) is 0 Å². The van der Waals surface area contributed by atoms with E-state index < -0.39 is 6.04 Å². The maximum atomic E-state index is 13.6. The van der Waals surface area contributed by atoms with Crippen molar-refractivity contribution in [2.75, 3.05) is 6.79 Å². The zero-order chi connectivity index (χ0) is 25.2. The number of halogens is 3. The number of benzene rings is 3. The lowest BCUT2D eigenvalue weighted by atomic mass is 10.1. The Labute approximate surface area is 224 Å². The van der Waals surface area contributed by atoms with Crippen LogP contribution in [0.3, 0.4) is 0 Å². The zero-order valence-corrected chi connectivity index (χ0v) is 21.8. The van der Waals surface area contributed by atoms with E-state index in [0.29, 0.717) is 57.3 Å². The summed E-state index contributed by atoms with van der Waals surface area (Å²) in [5, 5.41) is 4.55. The van der Waals surface area contributed by atoms with Gasteiger partial charge in [-0.15, -0.1) is 0 Å². The van der Waals surface area contributed by atoms with Crippen LogP contribution in [0, 0.1) is 0 Å². The Morgan fingerprint density at radius 2 is 1.81 bits per heavy atom. The summed E-state index contributed by atoms with van der Waals surface area (Å²) >= 11 is 19.1. The molecule has 4 aromatic rings. The van der Waals surface area contributed by atoms with Gasteiger partial charge in [0.15, 0.2) is 11.5 Å². The van der Waals surface area contributed by atoms with E-state index in [1.807, 2.05) is 47.0 Å². The molecule has 1 aliphatic heterocycles. The normalized spacial score (nSPS) is 13.2. The lowest BCUT2D eigenvalue weighted by Gasteiger charge is -2.21. The largest absolute Gasteiger partial charge is 0.454 e. The van der Waals surface area contributed by atoms with E-state index in [-0.39, 0.29) is 12.7 Å². The fraction of sp³-hybridized carbons (Fsp3) is 0.259. The first kappa shape index (κ1) is 24.8. The van der Waals surface area contributed by atoms with Gasteiger partial charge in [0.1, 0.15) is 11.9 Å². The summed E-state index contributed by atoms with van der Waals surface area (Å²) in [7, 11) is 0. The molecule has 0 aliphatic carbocycles. The van der Waals surface area contributed by atoms with Gasteiger partial charge in [0.2, 0.25) is 12.7 Å². The highest BCUT2D eigenvalue weighted by molar-refractivity contribution is 6.42. The lowest BCUT2D eigenvalue weighted by molar-refractivity contribution is -0.124. The van der Waals surface area contributed by atoms with Crippen LogP contribution in [0.1, 0.15) is 42.8 Å². The summed E-state index contributed by atoms with van der Waals surface area (Å²) in [4.78, 5) is 18.4. The Morgan fingerprint density at radius 3 is 2.61 bits per heavy atom. The summed E-state index contributed by atoms with van der Waals surface area (Å²) in [6.45, 7) is 2.61. The minimum atomic E-state index is -0.497. The van der Waals surface area contributed by atoms with Gasteiger partial charge in [0.25, 0.3) is 0 Å². The van der Waals surface area contributed by atoms with E-state index in [4.69, 9.17) is 49.3 Å². The zero-order valence-electron chi connectivity index (χ0n) is 19.6. The number of fused-ring (bicyclic) bond motifs is 2. The molecule has 5 rings (SSSR count). The average molecular weight is 545 g/mol. The van der Waals surface area contributed by atoms with Crippen LogP contribution in [0.25, 0.3) is 11.0 Å². The van der Waals surface area contributed by atoms with Crippen LogP contribution < -0.4 is 14.8 Å². The first-order valence-electron chi connectivity index (χ1n) is 11.7. The highest BCUT2D eigenvalue weighted by Crippen LogP contribution is 2.34. The van der Waals surface area contributed by atoms with Gasteiger partial charge in [-0.3, -0.25) is 4.79 Å². The first-order chi connectivity index (χ1) is 17.4. The predicted octanol–water partition coefficient (Wildman–Crippen LogP) is 6.97. The minimum Gasteiger partial charge on any atom is -0.454 e. The highest BCUT2D eigenvalue weighted by Gasteiger charge is 2.26. The van der Waals surface area contributed by atoms with Crippen LogP contribution in [-0.4, -0.2) is 22.3 Å². The number of carbonyl (C=O) groups excluding carboxylic acids is 1. The van der Waals surface area contributed by atoms with E-state index in [0.717, 1.165) is 23.1 Å². The van der Waals surface area contributed by atoms with Gasteiger partial charge < -0.3 is 19.4 Å². The van der Waals surface area contributed by atoms with Crippen LogP contribution in [-0.2, 0) is 17.8 Å². The molecule has 0 fully saturated rings. The number of aromatic nitrogens is 2. The Hall–Kier alpha value is -2.93. The number of amides is 1. The molecule has 36 heavy (non-hydrogen) atoms. The predicted molar refractivity (Wildman–Crippen MR) is 142 cm³/mol. The molecule has 1 aliphatic rings. The molecule has 1 atom stereocenters. The molecule has 6 nitrogen and oxygen atoms in total. The molecule has 0 saturated carbocycles. The van der Waals surface area contributed by atoms with Crippen molar-refractivity contribution in [1.29, 1.82) is 0 Å². The van der Waals surface area contributed by atoms with Crippen LogP contribution in [0.5, 0.6) is 11.5 Å². The molecular formula is C27H24Cl3N3O3. The molecule has 1 amide bonds. The lowest BCUT2D eigenvalue weighted by Crippen LogP contribution is -2.33. The third-order valence-corrected chi connectivity index (χ3v) is 7.28. The summed E-state index contributed by atoms with van der Waals surface area (Å²) in [5.41, 5.74) is 3.27. The van der Waals surface area contributed by atoms with Crippen LogP contribution >= 0.6 is 34.8 Å². The third kappa shape index (κ3) is 4.99. The third-order valence-electron chi connectivity index (χ3n) is 6.19. The van der Waals surface area contributed by atoms with Crippen molar-refractivity contribution < 1.29 is 14.3 Å². The smallest absolute Gasteiger partial charge is 0.243 e.